The van der Waals surface area contributed by atoms with Crippen molar-refractivity contribution in [2.24, 2.45) is 0 Å². The van der Waals surface area contributed by atoms with Gasteiger partial charge in [0.25, 0.3) is 0 Å². The molecule has 0 aromatic carbocycles. The van der Waals surface area contributed by atoms with Gasteiger partial charge in [-0.25, -0.2) is 4.98 Å². The minimum Gasteiger partial charge on any atom is -0.246 e. The highest BCUT2D eigenvalue weighted by atomic mass is 79.9. The van der Waals surface area contributed by atoms with E-state index in [-0.39, 0.29) is 0 Å². The van der Waals surface area contributed by atoms with Gasteiger partial charge in [-0.2, -0.15) is 0 Å². The lowest BCUT2D eigenvalue weighted by atomic mass is 10.1. The molecular formula is C8H12BrNS. The fourth-order valence-electron chi connectivity index (χ4n) is 0.825. The molecule has 1 nitrogen and oxygen atoms in total. The van der Waals surface area contributed by atoms with Crippen molar-refractivity contribution in [3.63, 3.8) is 0 Å². The molecule has 1 aromatic heterocycles. The first-order valence-corrected chi connectivity index (χ1v) is 5.47. The standard InChI is InChI=1S/C8H12BrNS/c1-5(6(2)9)8-4-11-7(3)10-8/h4-6H,1-3H3. The molecular weight excluding hydrogens is 222 g/mol. The van der Waals surface area contributed by atoms with E-state index in [0.717, 1.165) is 5.01 Å². The maximum atomic E-state index is 4.42. The van der Waals surface area contributed by atoms with Crippen LogP contribution in [0, 0.1) is 6.92 Å². The average Bonchev–Trinajstić information content (AvgIpc) is 2.34. The molecule has 0 aliphatic carbocycles. The van der Waals surface area contributed by atoms with Crippen LogP contribution in [0.3, 0.4) is 0 Å². The third kappa shape index (κ3) is 2.27. The Morgan fingerprint density at radius 1 is 1.55 bits per heavy atom. The smallest absolute Gasteiger partial charge is 0.0897 e. The number of nitrogens with zero attached hydrogens (tertiary/aromatic N) is 1. The van der Waals surface area contributed by atoms with E-state index in [4.69, 9.17) is 0 Å². The van der Waals surface area contributed by atoms with Crippen molar-refractivity contribution in [1.82, 2.24) is 4.98 Å². The Morgan fingerprint density at radius 3 is 2.55 bits per heavy atom. The van der Waals surface area contributed by atoms with Crippen LogP contribution in [0.2, 0.25) is 0 Å². The summed E-state index contributed by atoms with van der Waals surface area (Å²) in [6.07, 6.45) is 0. The Hall–Kier alpha value is 0.110. The van der Waals surface area contributed by atoms with Gasteiger partial charge >= 0.3 is 0 Å². The van der Waals surface area contributed by atoms with Gasteiger partial charge in [0.1, 0.15) is 0 Å². The molecule has 0 bridgehead atoms. The molecule has 11 heavy (non-hydrogen) atoms. The van der Waals surface area contributed by atoms with Crippen LogP contribution in [0.15, 0.2) is 5.38 Å². The summed E-state index contributed by atoms with van der Waals surface area (Å²) in [6.45, 7) is 6.38. The maximum Gasteiger partial charge on any atom is 0.0897 e. The highest BCUT2D eigenvalue weighted by Gasteiger charge is 2.13. The number of rotatable bonds is 2. The largest absolute Gasteiger partial charge is 0.246 e. The van der Waals surface area contributed by atoms with Gasteiger partial charge in [0.05, 0.1) is 10.7 Å². The van der Waals surface area contributed by atoms with Crippen molar-refractivity contribution in [3.05, 3.63) is 16.1 Å². The summed E-state index contributed by atoms with van der Waals surface area (Å²) in [5.74, 6) is 0.514. The summed E-state index contributed by atoms with van der Waals surface area (Å²) < 4.78 is 0. The second kappa shape index (κ2) is 3.68. The molecule has 0 aliphatic rings. The lowest BCUT2D eigenvalue weighted by Gasteiger charge is -2.09. The van der Waals surface area contributed by atoms with E-state index < -0.39 is 0 Å². The van der Waals surface area contributed by atoms with E-state index >= 15 is 0 Å². The Kier molecular flexibility index (Phi) is 3.07. The summed E-state index contributed by atoms with van der Waals surface area (Å²) in [5.41, 5.74) is 1.21. The fourth-order valence-corrected chi connectivity index (χ4v) is 1.81. The first kappa shape index (κ1) is 9.20. The van der Waals surface area contributed by atoms with E-state index in [0.29, 0.717) is 10.7 Å². The van der Waals surface area contributed by atoms with E-state index in [1.165, 1.54) is 5.69 Å². The normalized spacial score (nSPS) is 16.4. The van der Waals surface area contributed by atoms with Crippen LogP contribution in [0.5, 0.6) is 0 Å². The zero-order valence-corrected chi connectivity index (χ0v) is 9.37. The van der Waals surface area contributed by atoms with Crippen LogP contribution < -0.4 is 0 Å². The molecule has 1 aromatic rings. The highest BCUT2D eigenvalue weighted by Crippen LogP contribution is 2.24. The monoisotopic (exact) mass is 233 g/mol. The Morgan fingerprint density at radius 2 is 2.18 bits per heavy atom. The maximum absolute atomic E-state index is 4.42. The van der Waals surface area contributed by atoms with E-state index in [1.54, 1.807) is 11.3 Å². The van der Waals surface area contributed by atoms with Crippen molar-refractivity contribution < 1.29 is 0 Å². The average molecular weight is 234 g/mol. The van der Waals surface area contributed by atoms with Crippen LogP contribution in [0.25, 0.3) is 0 Å². The van der Waals surface area contributed by atoms with Crippen LogP contribution in [0.1, 0.15) is 30.5 Å². The van der Waals surface area contributed by atoms with Gasteiger partial charge in [-0.15, -0.1) is 11.3 Å². The predicted molar refractivity (Wildman–Crippen MR) is 53.7 cm³/mol. The number of hydrogen-bond acceptors (Lipinski definition) is 2. The molecule has 0 N–H and O–H groups in total. The number of alkyl halides is 1. The lowest BCUT2D eigenvalue weighted by Crippen LogP contribution is -2.04. The summed E-state index contributed by atoms with van der Waals surface area (Å²) >= 11 is 5.27. The zero-order valence-electron chi connectivity index (χ0n) is 6.97. The van der Waals surface area contributed by atoms with Crippen molar-refractivity contribution in [1.29, 1.82) is 0 Å². The SMILES string of the molecule is Cc1nc(C(C)C(C)Br)cs1. The van der Waals surface area contributed by atoms with Gasteiger partial charge in [-0.05, 0) is 6.92 Å². The number of aryl methyl sites for hydroxylation is 1. The molecule has 0 radical (unpaired) electrons. The lowest BCUT2D eigenvalue weighted by molar-refractivity contribution is 0.737. The second-order valence-corrected chi connectivity index (χ2v) is 5.26. The van der Waals surface area contributed by atoms with Crippen molar-refractivity contribution >= 4 is 27.3 Å². The van der Waals surface area contributed by atoms with Crippen LogP contribution >= 0.6 is 27.3 Å². The summed E-state index contributed by atoms with van der Waals surface area (Å²) in [4.78, 5) is 4.92. The highest BCUT2D eigenvalue weighted by molar-refractivity contribution is 9.09. The molecule has 1 rings (SSSR count). The van der Waals surface area contributed by atoms with Gasteiger partial charge in [-0.3, -0.25) is 0 Å². The predicted octanol–water partition coefficient (Wildman–Crippen LogP) is 3.34. The molecule has 0 saturated carbocycles. The molecule has 0 aliphatic heterocycles. The second-order valence-electron chi connectivity index (χ2n) is 2.76. The van der Waals surface area contributed by atoms with Crippen LogP contribution in [0.4, 0.5) is 0 Å². The molecule has 0 saturated heterocycles. The third-order valence-electron chi connectivity index (χ3n) is 1.79. The minimum atomic E-state index is 0.504. The van der Waals surface area contributed by atoms with Gasteiger partial charge in [0.15, 0.2) is 0 Å². The molecule has 62 valence electrons. The Labute approximate surface area is 80.0 Å². The molecule has 2 unspecified atom stereocenters. The van der Waals surface area contributed by atoms with Gasteiger partial charge in [0.2, 0.25) is 0 Å². The van der Waals surface area contributed by atoms with Crippen LogP contribution in [-0.2, 0) is 0 Å². The summed E-state index contributed by atoms with van der Waals surface area (Å²) in [6, 6.07) is 0. The number of aromatic nitrogens is 1. The molecule has 1 heterocycles. The number of hydrogen-bond donors (Lipinski definition) is 0. The van der Waals surface area contributed by atoms with E-state index in [1.807, 2.05) is 6.92 Å². The summed E-state index contributed by atoms with van der Waals surface area (Å²) in [5, 5.41) is 3.29. The zero-order chi connectivity index (χ0) is 8.43. The van der Waals surface area contributed by atoms with Gasteiger partial charge < -0.3 is 0 Å². The van der Waals surface area contributed by atoms with Gasteiger partial charge in [0, 0.05) is 16.1 Å². The van der Waals surface area contributed by atoms with Crippen molar-refractivity contribution in [2.45, 2.75) is 31.5 Å². The van der Waals surface area contributed by atoms with Crippen LogP contribution in [-0.4, -0.2) is 9.81 Å². The molecule has 3 heteroatoms. The van der Waals surface area contributed by atoms with E-state index in [2.05, 4.69) is 40.1 Å². The number of halogens is 1. The van der Waals surface area contributed by atoms with E-state index in [9.17, 15) is 0 Å². The van der Waals surface area contributed by atoms with Crippen molar-refractivity contribution in [2.75, 3.05) is 0 Å². The Balaban J connectivity index is 2.76. The summed E-state index contributed by atoms with van der Waals surface area (Å²) in [7, 11) is 0. The Bertz CT molecular complexity index is 232. The van der Waals surface area contributed by atoms with Crippen molar-refractivity contribution in [3.8, 4) is 0 Å². The van der Waals surface area contributed by atoms with Gasteiger partial charge in [-0.1, -0.05) is 29.8 Å². The third-order valence-corrected chi connectivity index (χ3v) is 3.38. The molecule has 0 amide bonds. The fraction of sp³-hybridized carbons (Fsp3) is 0.625. The molecule has 0 spiro atoms. The molecule has 0 fully saturated rings. The first-order chi connectivity index (χ1) is 5.11. The first-order valence-electron chi connectivity index (χ1n) is 3.67. The molecule has 2 atom stereocenters. The quantitative estimate of drug-likeness (QED) is 0.715. The topological polar surface area (TPSA) is 12.9 Å². The minimum absolute atomic E-state index is 0.504. The number of thiazole rings is 1.